The number of likely N-dealkylation sites (N-methyl/N-ethyl adjacent to an activating group) is 1. The van der Waals surface area contributed by atoms with Crippen LogP contribution < -0.4 is 5.73 Å². The van der Waals surface area contributed by atoms with Gasteiger partial charge in [-0.05, 0) is 38.1 Å². The Balaban J connectivity index is 2.45. The summed E-state index contributed by atoms with van der Waals surface area (Å²) in [6.07, 6.45) is 0. The van der Waals surface area contributed by atoms with Crippen molar-refractivity contribution in [2.24, 2.45) is 5.73 Å². The summed E-state index contributed by atoms with van der Waals surface area (Å²) in [5, 5.41) is 9.16. The number of aliphatic hydroxyl groups excluding tert-OH is 1. The highest BCUT2D eigenvalue weighted by atomic mass is 16.3. The molecule has 0 fully saturated rings. The summed E-state index contributed by atoms with van der Waals surface area (Å²) in [5.41, 5.74) is 9.23. The zero-order chi connectivity index (χ0) is 15.4. The molecular weight excluding hydrogens is 264 g/mol. The van der Waals surface area contributed by atoms with Gasteiger partial charge in [0.25, 0.3) is 0 Å². The molecular formula is C16H26N4O. The van der Waals surface area contributed by atoms with Crippen molar-refractivity contribution in [3.8, 4) is 0 Å². The number of nitrogens with two attached hydrogens (primary N) is 1. The molecule has 0 bridgehead atoms. The average molecular weight is 290 g/mol. The molecule has 1 aromatic carbocycles. The van der Waals surface area contributed by atoms with Crippen LogP contribution in [0.25, 0.3) is 11.0 Å². The smallest absolute Gasteiger partial charge is 0.124 e. The fourth-order valence-electron chi connectivity index (χ4n) is 2.66. The molecule has 0 saturated heterocycles. The standard InChI is InChI=1S/C16H26N4O/c1-4-19(7-8-21)11-16-18-14-9-12(2)5-6-15(14)20(16)13(3)10-17/h5-6,9,13,21H,4,7-8,10-11,17H2,1-3H3. The molecule has 1 aromatic heterocycles. The van der Waals surface area contributed by atoms with E-state index in [0.29, 0.717) is 13.1 Å². The lowest BCUT2D eigenvalue weighted by Gasteiger charge is -2.21. The maximum absolute atomic E-state index is 9.16. The van der Waals surface area contributed by atoms with E-state index < -0.39 is 0 Å². The van der Waals surface area contributed by atoms with Crippen molar-refractivity contribution in [3.63, 3.8) is 0 Å². The van der Waals surface area contributed by atoms with Gasteiger partial charge in [0.05, 0.1) is 24.2 Å². The van der Waals surface area contributed by atoms with Gasteiger partial charge >= 0.3 is 0 Å². The number of aliphatic hydroxyl groups is 1. The van der Waals surface area contributed by atoms with Crippen molar-refractivity contribution in [2.75, 3.05) is 26.2 Å². The van der Waals surface area contributed by atoms with Gasteiger partial charge in [-0.1, -0.05) is 13.0 Å². The van der Waals surface area contributed by atoms with Crippen LogP contribution in [0.5, 0.6) is 0 Å². The molecule has 0 aliphatic carbocycles. The minimum atomic E-state index is 0.166. The summed E-state index contributed by atoms with van der Waals surface area (Å²) < 4.78 is 2.23. The highest BCUT2D eigenvalue weighted by molar-refractivity contribution is 5.77. The second-order valence-corrected chi connectivity index (χ2v) is 5.57. The van der Waals surface area contributed by atoms with Gasteiger partial charge in [-0.15, -0.1) is 0 Å². The van der Waals surface area contributed by atoms with Gasteiger partial charge in [0.15, 0.2) is 0 Å². The summed E-state index contributed by atoms with van der Waals surface area (Å²) in [5.74, 6) is 1.02. The predicted octanol–water partition coefficient (Wildman–Crippen LogP) is 1.68. The van der Waals surface area contributed by atoms with Gasteiger partial charge in [0.2, 0.25) is 0 Å². The van der Waals surface area contributed by atoms with Crippen molar-refractivity contribution in [1.29, 1.82) is 0 Å². The molecule has 0 aliphatic rings. The van der Waals surface area contributed by atoms with Crippen LogP contribution in [0.2, 0.25) is 0 Å². The number of aromatic nitrogens is 2. The van der Waals surface area contributed by atoms with E-state index in [2.05, 4.69) is 48.4 Å². The van der Waals surface area contributed by atoms with Crippen LogP contribution in [-0.4, -0.2) is 45.8 Å². The molecule has 2 rings (SSSR count). The highest BCUT2D eigenvalue weighted by Gasteiger charge is 2.17. The molecule has 5 nitrogen and oxygen atoms in total. The maximum Gasteiger partial charge on any atom is 0.124 e. The highest BCUT2D eigenvalue weighted by Crippen LogP contribution is 2.23. The number of nitrogens with zero attached hydrogens (tertiary/aromatic N) is 3. The molecule has 3 N–H and O–H groups in total. The van der Waals surface area contributed by atoms with Gasteiger partial charge in [-0.25, -0.2) is 4.98 Å². The maximum atomic E-state index is 9.16. The molecule has 1 unspecified atom stereocenters. The first kappa shape index (κ1) is 15.9. The summed E-state index contributed by atoms with van der Waals surface area (Å²) in [6, 6.07) is 6.55. The number of rotatable bonds is 7. The van der Waals surface area contributed by atoms with Crippen LogP contribution >= 0.6 is 0 Å². The fraction of sp³-hybridized carbons (Fsp3) is 0.562. The molecule has 0 amide bonds. The van der Waals surface area contributed by atoms with E-state index in [1.54, 1.807) is 0 Å². The molecule has 0 saturated carbocycles. The number of hydrogen-bond acceptors (Lipinski definition) is 4. The normalized spacial score (nSPS) is 13.2. The Bertz CT molecular complexity index is 593. The Morgan fingerprint density at radius 3 is 2.81 bits per heavy atom. The van der Waals surface area contributed by atoms with E-state index in [0.717, 1.165) is 29.9 Å². The van der Waals surface area contributed by atoms with E-state index in [1.807, 2.05) is 0 Å². The first-order chi connectivity index (χ1) is 10.1. The quantitative estimate of drug-likeness (QED) is 0.814. The topological polar surface area (TPSA) is 67.3 Å². The van der Waals surface area contributed by atoms with Gasteiger partial charge in [-0.2, -0.15) is 0 Å². The van der Waals surface area contributed by atoms with Crippen LogP contribution in [0.1, 0.15) is 31.3 Å². The third-order valence-corrected chi connectivity index (χ3v) is 3.93. The summed E-state index contributed by atoms with van der Waals surface area (Å²) in [6.45, 7) is 9.32. The van der Waals surface area contributed by atoms with Crippen molar-refractivity contribution in [1.82, 2.24) is 14.5 Å². The zero-order valence-corrected chi connectivity index (χ0v) is 13.2. The summed E-state index contributed by atoms with van der Waals surface area (Å²) in [7, 11) is 0. The van der Waals surface area contributed by atoms with Gasteiger partial charge < -0.3 is 15.4 Å². The predicted molar refractivity (Wildman–Crippen MR) is 86.3 cm³/mol. The third kappa shape index (κ3) is 3.43. The van der Waals surface area contributed by atoms with Crippen LogP contribution in [0.15, 0.2) is 18.2 Å². The summed E-state index contributed by atoms with van der Waals surface area (Å²) >= 11 is 0. The van der Waals surface area contributed by atoms with Crippen molar-refractivity contribution in [3.05, 3.63) is 29.6 Å². The lowest BCUT2D eigenvalue weighted by molar-refractivity contribution is 0.192. The average Bonchev–Trinajstić information content (AvgIpc) is 2.82. The van der Waals surface area contributed by atoms with E-state index in [-0.39, 0.29) is 12.6 Å². The Hall–Kier alpha value is -1.43. The monoisotopic (exact) mass is 290 g/mol. The van der Waals surface area contributed by atoms with Crippen LogP contribution in [0, 0.1) is 6.92 Å². The Morgan fingerprint density at radius 2 is 2.19 bits per heavy atom. The number of hydrogen-bond donors (Lipinski definition) is 2. The van der Waals surface area contributed by atoms with Gasteiger partial charge in [0.1, 0.15) is 5.82 Å². The number of imidazole rings is 1. The molecule has 116 valence electrons. The van der Waals surface area contributed by atoms with E-state index >= 15 is 0 Å². The zero-order valence-electron chi connectivity index (χ0n) is 13.2. The van der Waals surface area contributed by atoms with Crippen molar-refractivity contribution in [2.45, 2.75) is 33.4 Å². The van der Waals surface area contributed by atoms with Crippen molar-refractivity contribution < 1.29 is 5.11 Å². The molecule has 2 aromatic rings. The van der Waals surface area contributed by atoms with E-state index in [1.165, 1.54) is 5.56 Å². The van der Waals surface area contributed by atoms with Crippen LogP contribution in [-0.2, 0) is 6.54 Å². The second-order valence-electron chi connectivity index (χ2n) is 5.57. The fourth-order valence-corrected chi connectivity index (χ4v) is 2.66. The van der Waals surface area contributed by atoms with E-state index in [4.69, 9.17) is 15.8 Å². The molecule has 0 aliphatic heterocycles. The number of aryl methyl sites for hydroxylation is 1. The number of benzene rings is 1. The van der Waals surface area contributed by atoms with Crippen LogP contribution in [0.3, 0.4) is 0 Å². The molecule has 0 spiro atoms. The van der Waals surface area contributed by atoms with Crippen molar-refractivity contribution >= 4 is 11.0 Å². The molecule has 1 atom stereocenters. The van der Waals surface area contributed by atoms with E-state index in [9.17, 15) is 0 Å². The SMILES string of the molecule is CCN(CCO)Cc1nc2cc(C)ccc2n1C(C)CN. The largest absolute Gasteiger partial charge is 0.395 e. The van der Waals surface area contributed by atoms with Gasteiger partial charge in [-0.3, -0.25) is 4.90 Å². The van der Waals surface area contributed by atoms with Crippen LogP contribution in [0.4, 0.5) is 0 Å². The Morgan fingerprint density at radius 1 is 1.43 bits per heavy atom. The first-order valence-electron chi connectivity index (χ1n) is 7.61. The summed E-state index contributed by atoms with van der Waals surface area (Å²) in [4.78, 5) is 6.98. The van der Waals surface area contributed by atoms with Gasteiger partial charge in [0, 0.05) is 19.1 Å². The second kappa shape index (κ2) is 7.02. The Labute approximate surface area is 126 Å². The minimum absolute atomic E-state index is 0.166. The minimum Gasteiger partial charge on any atom is -0.395 e. The molecule has 1 heterocycles. The number of fused-ring (bicyclic) bond motifs is 1. The Kier molecular flexibility index (Phi) is 5.33. The molecule has 5 heteroatoms. The third-order valence-electron chi connectivity index (χ3n) is 3.93. The lowest BCUT2D eigenvalue weighted by Crippen LogP contribution is -2.29. The lowest BCUT2D eigenvalue weighted by atomic mass is 10.2. The first-order valence-corrected chi connectivity index (χ1v) is 7.61. The molecule has 21 heavy (non-hydrogen) atoms. The molecule has 0 radical (unpaired) electrons.